The summed E-state index contributed by atoms with van der Waals surface area (Å²) in [7, 11) is 1.62. The Kier molecular flexibility index (Phi) is 6.66. The van der Waals surface area contributed by atoms with Crippen molar-refractivity contribution in [1.82, 2.24) is 15.3 Å². The van der Waals surface area contributed by atoms with E-state index in [1.54, 1.807) is 13.3 Å². The second-order valence-corrected chi connectivity index (χ2v) is 5.72. The zero-order valence-corrected chi connectivity index (χ0v) is 14.2. The van der Waals surface area contributed by atoms with E-state index >= 15 is 0 Å². The highest BCUT2D eigenvalue weighted by molar-refractivity contribution is 5.67. The predicted molar refractivity (Wildman–Crippen MR) is 93.2 cm³/mol. The van der Waals surface area contributed by atoms with Gasteiger partial charge in [0.25, 0.3) is 0 Å². The van der Waals surface area contributed by atoms with Crippen molar-refractivity contribution in [1.29, 1.82) is 0 Å². The maximum Gasteiger partial charge on any atom is 0.405 e. The van der Waals surface area contributed by atoms with Crippen LogP contribution in [-0.2, 0) is 0 Å². The Hall–Kier alpha value is -2.50. The monoisotopic (exact) mass is 331 g/mol. The number of benzene rings is 1. The molecule has 2 aromatic rings. The molecule has 0 aliphatic carbocycles. The van der Waals surface area contributed by atoms with Gasteiger partial charge in [-0.15, -0.1) is 0 Å². The first-order valence-electron chi connectivity index (χ1n) is 8.33. The number of rotatable bonds is 9. The van der Waals surface area contributed by atoms with Crippen LogP contribution in [0.4, 0.5) is 4.79 Å². The topological polar surface area (TPSA) is 87.2 Å². The largest absolute Gasteiger partial charge is 0.496 e. The lowest BCUT2D eigenvalue weighted by Gasteiger charge is -2.14. The van der Waals surface area contributed by atoms with Gasteiger partial charge in [0.1, 0.15) is 11.6 Å². The van der Waals surface area contributed by atoms with Crippen LogP contribution in [0.25, 0.3) is 11.3 Å². The summed E-state index contributed by atoms with van der Waals surface area (Å²) >= 11 is 0. The summed E-state index contributed by atoms with van der Waals surface area (Å²) in [5, 5.41) is 11.6. The number of imidazole rings is 1. The number of aromatic amines is 1. The molecule has 0 aliphatic heterocycles. The van der Waals surface area contributed by atoms with Crippen LogP contribution in [0.5, 0.6) is 5.75 Å². The molecule has 2 rings (SSSR count). The Morgan fingerprint density at radius 2 is 2.12 bits per heavy atom. The third-order valence-corrected chi connectivity index (χ3v) is 3.95. The smallest absolute Gasteiger partial charge is 0.405 e. The molecule has 0 saturated heterocycles. The molecule has 0 bridgehead atoms. The first-order chi connectivity index (χ1) is 11.7. The van der Waals surface area contributed by atoms with Crippen molar-refractivity contribution in [2.45, 2.75) is 45.1 Å². The van der Waals surface area contributed by atoms with E-state index in [2.05, 4.69) is 22.2 Å². The van der Waals surface area contributed by atoms with Gasteiger partial charge < -0.3 is 20.1 Å². The zero-order valence-electron chi connectivity index (χ0n) is 14.2. The quantitative estimate of drug-likeness (QED) is 0.596. The third kappa shape index (κ3) is 4.75. The maximum absolute atomic E-state index is 11.1. The highest BCUT2D eigenvalue weighted by atomic mass is 16.5. The fourth-order valence-corrected chi connectivity index (χ4v) is 2.71. The van der Waals surface area contributed by atoms with Crippen LogP contribution < -0.4 is 10.1 Å². The molecule has 1 heterocycles. The summed E-state index contributed by atoms with van der Waals surface area (Å²) in [6, 6.07) is 7.30. The number of unbranched alkanes of at least 4 members (excludes halogenated alkanes) is 3. The van der Waals surface area contributed by atoms with Gasteiger partial charge in [-0.2, -0.15) is 0 Å². The number of amides is 1. The molecule has 1 aromatic heterocycles. The molecule has 130 valence electrons. The average molecular weight is 331 g/mol. The van der Waals surface area contributed by atoms with E-state index in [-0.39, 0.29) is 6.04 Å². The molecule has 1 atom stereocenters. The minimum atomic E-state index is -1.04. The van der Waals surface area contributed by atoms with Crippen LogP contribution in [0, 0.1) is 0 Å². The van der Waals surface area contributed by atoms with Crippen LogP contribution in [0.2, 0.25) is 0 Å². The van der Waals surface area contributed by atoms with Gasteiger partial charge in [0.05, 0.1) is 18.8 Å². The second-order valence-electron chi connectivity index (χ2n) is 5.72. The predicted octanol–water partition coefficient (Wildman–Crippen LogP) is 4.36. The molecule has 3 N–H and O–H groups in total. The summed E-state index contributed by atoms with van der Waals surface area (Å²) in [4.78, 5) is 18.8. The Morgan fingerprint density at radius 3 is 2.83 bits per heavy atom. The lowest BCUT2D eigenvalue weighted by molar-refractivity contribution is 0.188. The number of hydrogen-bond acceptors (Lipinski definition) is 3. The SMILES string of the molecule is CCCCCC[C@@H](NC(=O)O)c1nc(-c2ccccc2OC)c[nH]1. The van der Waals surface area contributed by atoms with Crippen molar-refractivity contribution >= 4 is 6.09 Å². The van der Waals surface area contributed by atoms with Crippen LogP contribution in [-0.4, -0.2) is 28.3 Å². The number of nitrogens with zero attached hydrogens (tertiary/aromatic N) is 1. The lowest BCUT2D eigenvalue weighted by atomic mass is 10.1. The molecule has 0 unspecified atom stereocenters. The van der Waals surface area contributed by atoms with E-state index in [1.807, 2.05) is 24.3 Å². The summed E-state index contributed by atoms with van der Waals surface area (Å²) < 4.78 is 5.36. The van der Waals surface area contributed by atoms with Gasteiger partial charge >= 0.3 is 6.09 Å². The number of para-hydroxylation sites is 1. The van der Waals surface area contributed by atoms with Crippen LogP contribution in [0.3, 0.4) is 0 Å². The molecule has 1 aromatic carbocycles. The molecule has 0 fully saturated rings. The number of methoxy groups -OCH3 is 1. The number of nitrogens with one attached hydrogen (secondary N) is 2. The average Bonchev–Trinajstić information content (AvgIpc) is 3.07. The fourth-order valence-electron chi connectivity index (χ4n) is 2.71. The van der Waals surface area contributed by atoms with E-state index in [4.69, 9.17) is 9.84 Å². The number of ether oxygens (including phenoxy) is 1. The number of carbonyl (C=O) groups is 1. The summed E-state index contributed by atoms with van der Waals surface area (Å²) in [5.41, 5.74) is 1.62. The van der Waals surface area contributed by atoms with E-state index in [1.165, 1.54) is 0 Å². The minimum absolute atomic E-state index is 0.331. The molecule has 0 radical (unpaired) electrons. The van der Waals surface area contributed by atoms with Gasteiger partial charge in [0.15, 0.2) is 0 Å². The van der Waals surface area contributed by atoms with Crippen molar-refractivity contribution in [3.8, 4) is 17.0 Å². The van der Waals surface area contributed by atoms with E-state index < -0.39 is 6.09 Å². The van der Waals surface area contributed by atoms with Gasteiger partial charge in [-0.25, -0.2) is 9.78 Å². The molecule has 0 aliphatic rings. The van der Waals surface area contributed by atoms with Gasteiger partial charge in [-0.05, 0) is 18.6 Å². The Labute approximate surface area is 142 Å². The van der Waals surface area contributed by atoms with E-state index in [0.717, 1.165) is 49.1 Å². The maximum atomic E-state index is 11.1. The highest BCUT2D eigenvalue weighted by Gasteiger charge is 2.18. The number of H-pyrrole nitrogens is 1. The number of carboxylic acid groups (broad SMARTS) is 1. The lowest BCUT2D eigenvalue weighted by Crippen LogP contribution is -2.27. The molecular formula is C18H25N3O3. The van der Waals surface area contributed by atoms with Crippen LogP contribution >= 0.6 is 0 Å². The van der Waals surface area contributed by atoms with Crippen molar-refractivity contribution in [3.63, 3.8) is 0 Å². The van der Waals surface area contributed by atoms with Crippen molar-refractivity contribution in [2.75, 3.05) is 7.11 Å². The van der Waals surface area contributed by atoms with Gasteiger partial charge in [0.2, 0.25) is 0 Å². The molecule has 1 amide bonds. The molecule has 0 saturated carbocycles. The number of aromatic nitrogens is 2. The zero-order chi connectivity index (χ0) is 17.4. The third-order valence-electron chi connectivity index (χ3n) is 3.95. The Balaban J connectivity index is 2.16. The Morgan fingerprint density at radius 1 is 1.33 bits per heavy atom. The van der Waals surface area contributed by atoms with Crippen molar-refractivity contribution in [3.05, 3.63) is 36.3 Å². The van der Waals surface area contributed by atoms with Gasteiger partial charge in [-0.3, -0.25) is 0 Å². The van der Waals surface area contributed by atoms with E-state index in [0.29, 0.717) is 5.82 Å². The van der Waals surface area contributed by atoms with Gasteiger partial charge in [0, 0.05) is 11.8 Å². The molecule has 6 heteroatoms. The molecular weight excluding hydrogens is 306 g/mol. The molecule has 6 nitrogen and oxygen atoms in total. The van der Waals surface area contributed by atoms with Crippen molar-refractivity contribution < 1.29 is 14.6 Å². The first kappa shape index (κ1) is 17.8. The summed E-state index contributed by atoms with van der Waals surface area (Å²) in [5.74, 6) is 1.37. The minimum Gasteiger partial charge on any atom is -0.496 e. The number of hydrogen-bond donors (Lipinski definition) is 3. The standard InChI is InChI=1S/C18H25N3O3/c1-3-4-5-6-10-14(21-18(22)23)17-19-12-15(20-17)13-9-7-8-11-16(13)24-2/h7-9,11-12,14,21H,3-6,10H2,1-2H3,(H,19,20)(H,22,23)/t14-/m1/s1. The molecule has 0 spiro atoms. The fraction of sp³-hybridized carbons (Fsp3) is 0.444. The first-order valence-corrected chi connectivity index (χ1v) is 8.33. The van der Waals surface area contributed by atoms with E-state index in [9.17, 15) is 4.79 Å². The normalized spacial score (nSPS) is 11.9. The van der Waals surface area contributed by atoms with Crippen LogP contribution in [0.15, 0.2) is 30.5 Å². The van der Waals surface area contributed by atoms with Crippen LogP contribution in [0.1, 0.15) is 50.9 Å². The molecule has 24 heavy (non-hydrogen) atoms. The second kappa shape index (κ2) is 8.96. The van der Waals surface area contributed by atoms with Gasteiger partial charge in [-0.1, -0.05) is 44.7 Å². The van der Waals surface area contributed by atoms with Crippen molar-refractivity contribution in [2.24, 2.45) is 0 Å². The summed E-state index contributed by atoms with van der Waals surface area (Å²) in [6.07, 6.45) is 5.84. The summed E-state index contributed by atoms with van der Waals surface area (Å²) in [6.45, 7) is 2.15. The Bertz CT molecular complexity index is 654. The highest BCUT2D eigenvalue weighted by Crippen LogP contribution is 2.29.